The molecule has 2 amide bonds. The number of halogens is 4. The van der Waals surface area contributed by atoms with Crippen LogP contribution in [0.4, 0.5) is 28.9 Å². The van der Waals surface area contributed by atoms with Crippen molar-refractivity contribution >= 4 is 23.2 Å². The summed E-state index contributed by atoms with van der Waals surface area (Å²) in [5, 5.41) is 5.01. The Balaban J connectivity index is 1.67. The van der Waals surface area contributed by atoms with Crippen LogP contribution in [0.2, 0.25) is 0 Å². The molecule has 30 heavy (non-hydrogen) atoms. The fourth-order valence-electron chi connectivity index (χ4n) is 2.75. The van der Waals surface area contributed by atoms with Gasteiger partial charge in [0.2, 0.25) is 5.91 Å². The first-order valence-electron chi connectivity index (χ1n) is 8.84. The molecule has 2 N–H and O–H groups in total. The van der Waals surface area contributed by atoms with E-state index in [0.29, 0.717) is 11.3 Å². The lowest BCUT2D eigenvalue weighted by Gasteiger charge is -2.11. The molecule has 0 radical (unpaired) electrons. The summed E-state index contributed by atoms with van der Waals surface area (Å²) in [6, 6.07) is 15.9. The fourth-order valence-corrected chi connectivity index (χ4v) is 2.75. The van der Waals surface area contributed by atoms with Crippen LogP contribution >= 0.6 is 0 Å². The third kappa shape index (κ3) is 5.66. The fraction of sp³-hybridized carbons (Fsp3) is 0.0909. The molecule has 4 nitrogen and oxygen atoms in total. The molecule has 154 valence electrons. The Morgan fingerprint density at radius 2 is 1.47 bits per heavy atom. The predicted octanol–water partition coefficient (Wildman–Crippen LogP) is 5.28. The highest BCUT2D eigenvalue weighted by molar-refractivity contribution is 6.05. The van der Waals surface area contributed by atoms with Crippen molar-refractivity contribution < 1.29 is 27.2 Å². The summed E-state index contributed by atoms with van der Waals surface area (Å²) in [6.07, 6.45) is -4.58. The van der Waals surface area contributed by atoms with Gasteiger partial charge >= 0.3 is 6.18 Å². The molecular weight excluding hydrogens is 400 g/mol. The van der Waals surface area contributed by atoms with Crippen LogP contribution in [0, 0.1) is 5.82 Å². The first-order valence-corrected chi connectivity index (χ1v) is 8.84. The molecule has 3 rings (SSSR count). The van der Waals surface area contributed by atoms with E-state index in [1.54, 1.807) is 12.1 Å². The Morgan fingerprint density at radius 1 is 0.800 bits per heavy atom. The van der Waals surface area contributed by atoms with E-state index in [1.165, 1.54) is 48.5 Å². The average molecular weight is 416 g/mol. The maximum absolute atomic E-state index is 13.2. The number of carbonyl (C=O) groups excluding carboxylic acids is 2. The number of nitrogens with one attached hydrogen (secondary N) is 2. The van der Waals surface area contributed by atoms with Crippen LogP contribution < -0.4 is 10.6 Å². The van der Waals surface area contributed by atoms with E-state index in [-0.39, 0.29) is 17.7 Å². The molecule has 0 spiro atoms. The molecule has 0 unspecified atom stereocenters. The summed E-state index contributed by atoms with van der Waals surface area (Å²) in [6.45, 7) is 0. The smallest absolute Gasteiger partial charge is 0.326 e. The molecule has 3 aromatic carbocycles. The van der Waals surface area contributed by atoms with Gasteiger partial charge in [0.05, 0.1) is 12.0 Å². The number of carbonyl (C=O) groups is 2. The molecule has 0 saturated carbocycles. The van der Waals surface area contributed by atoms with E-state index in [0.717, 1.165) is 12.1 Å². The predicted molar refractivity (Wildman–Crippen MR) is 105 cm³/mol. The third-order valence-corrected chi connectivity index (χ3v) is 4.11. The molecule has 0 bridgehead atoms. The first-order chi connectivity index (χ1) is 14.2. The molecule has 8 heteroatoms. The average Bonchev–Trinajstić information content (AvgIpc) is 2.67. The highest BCUT2D eigenvalue weighted by Gasteiger charge is 2.30. The number of anilines is 2. The van der Waals surface area contributed by atoms with Crippen LogP contribution in [0.25, 0.3) is 0 Å². The van der Waals surface area contributed by atoms with E-state index >= 15 is 0 Å². The first kappa shape index (κ1) is 21.0. The molecule has 0 heterocycles. The number of amides is 2. The maximum atomic E-state index is 13.2. The number of hydrogen-bond donors (Lipinski definition) is 2. The van der Waals surface area contributed by atoms with Crippen LogP contribution in [0.3, 0.4) is 0 Å². The number of hydrogen-bond acceptors (Lipinski definition) is 2. The van der Waals surface area contributed by atoms with Gasteiger partial charge in [0.1, 0.15) is 5.82 Å². The molecular formula is C22H16F4N2O2. The van der Waals surface area contributed by atoms with Gasteiger partial charge < -0.3 is 10.6 Å². The molecule has 3 aromatic rings. The highest BCUT2D eigenvalue weighted by atomic mass is 19.4. The Labute approximate surface area is 169 Å². The van der Waals surface area contributed by atoms with Crippen LogP contribution in [-0.2, 0) is 17.4 Å². The largest absolute Gasteiger partial charge is 0.416 e. The summed E-state index contributed by atoms with van der Waals surface area (Å²) in [7, 11) is 0. The third-order valence-electron chi connectivity index (χ3n) is 4.11. The summed E-state index contributed by atoms with van der Waals surface area (Å²) in [5.41, 5.74) is 0.0871. The monoisotopic (exact) mass is 416 g/mol. The van der Waals surface area contributed by atoms with Gasteiger partial charge in [-0.3, -0.25) is 9.59 Å². The van der Waals surface area contributed by atoms with E-state index in [4.69, 9.17) is 0 Å². The quantitative estimate of drug-likeness (QED) is 0.556. The van der Waals surface area contributed by atoms with Crippen LogP contribution in [0.15, 0.2) is 72.8 Å². The highest BCUT2D eigenvalue weighted by Crippen LogP contribution is 2.30. The zero-order valence-electron chi connectivity index (χ0n) is 15.5. The topological polar surface area (TPSA) is 58.2 Å². The Hall–Kier alpha value is -3.68. The number of benzene rings is 3. The standard InChI is InChI=1S/C22H16F4N2O2/c23-17-7-1-4-14(10-17)11-20(29)27-18-8-2-5-15(12-18)21(30)28-19-9-3-6-16(13-19)22(24,25)26/h1-10,12-13H,11H2,(H,27,29)(H,28,30). The summed E-state index contributed by atoms with van der Waals surface area (Å²) >= 11 is 0. The number of rotatable bonds is 5. The molecule has 0 aromatic heterocycles. The van der Waals surface area contributed by atoms with Crippen molar-refractivity contribution in [3.05, 3.63) is 95.3 Å². The van der Waals surface area contributed by atoms with Crippen molar-refractivity contribution in [1.82, 2.24) is 0 Å². The van der Waals surface area contributed by atoms with Gasteiger partial charge in [-0.2, -0.15) is 13.2 Å². The van der Waals surface area contributed by atoms with Gasteiger partial charge in [-0.1, -0.05) is 24.3 Å². The van der Waals surface area contributed by atoms with E-state index in [9.17, 15) is 27.2 Å². The van der Waals surface area contributed by atoms with E-state index in [1.807, 2.05) is 0 Å². The Kier molecular flexibility index (Phi) is 6.15. The lowest BCUT2D eigenvalue weighted by Crippen LogP contribution is -2.16. The lowest BCUT2D eigenvalue weighted by molar-refractivity contribution is -0.137. The molecule has 0 aliphatic rings. The minimum atomic E-state index is -4.52. The van der Waals surface area contributed by atoms with E-state index < -0.39 is 29.4 Å². The molecule has 0 saturated heterocycles. The van der Waals surface area contributed by atoms with Gasteiger partial charge in [0.15, 0.2) is 0 Å². The van der Waals surface area contributed by atoms with Crippen LogP contribution in [0.5, 0.6) is 0 Å². The van der Waals surface area contributed by atoms with E-state index in [2.05, 4.69) is 10.6 Å². The molecule has 0 fully saturated rings. The SMILES string of the molecule is O=C(Cc1cccc(F)c1)Nc1cccc(C(=O)Nc2cccc(C(F)(F)F)c2)c1. The maximum Gasteiger partial charge on any atom is 0.416 e. The Bertz CT molecular complexity index is 1080. The van der Waals surface area contributed by atoms with Crippen LogP contribution in [0.1, 0.15) is 21.5 Å². The van der Waals surface area contributed by atoms with Crippen molar-refractivity contribution in [3.8, 4) is 0 Å². The minimum absolute atomic E-state index is 0.00429. The molecule has 0 aliphatic heterocycles. The summed E-state index contributed by atoms with van der Waals surface area (Å²) in [5.74, 6) is -1.49. The second-order valence-corrected chi connectivity index (χ2v) is 6.47. The van der Waals surface area contributed by atoms with Gasteiger partial charge in [-0.15, -0.1) is 0 Å². The van der Waals surface area contributed by atoms with Gasteiger partial charge in [-0.25, -0.2) is 4.39 Å². The summed E-state index contributed by atoms with van der Waals surface area (Å²) in [4.78, 5) is 24.6. The van der Waals surface area contributed by atoms with Crippen molar-refractivity contribution in [2.24, 2.45) is 0 Å². The normalized spacial score (nSPS) is 11.1. The summed E-state index contributed by atoms with van der Waals surface area (Å²) < 4.78 is 51.6. The van der Waals surface area contributed by atoms with Crippen molar-refractivity contribution in [3.63, 3.8) is 0 Å². The molecule has 0 atom stereocenters. The van der Waals surface area contributed by atoms with Crippen molar-refractivity contribution in [1.29, 1.82) is 0 Å². The number of alkyl halides is 3. The van der Waals surface area contributed by atoms with Gasteiger partial charge in [-0.05, 0) is 54.1 Å². The van der Waals surface area contributed by atoms with Crippen LogP contribution in [-0.4, -0.2) is 11.8 Å². The zero-order chi connectivity index (χ0) is 21.7. The second kappa shape index (κ2) is 8.77. The van der Waals surface area contributed by atoms with Gasteiger partial charge in [0.25, 0.3) is 5.91 Å². The van der Waals surface area contributed by atoms with Crippen molar-refractivity contribution in [2.75, 3.05) is 10.6 Å². The van der Waals surface area contributed by atoms with Gasteiger partial charge in [0, 0.05) is 16.9 Å². The second-order valence-electron chi connectivity index (χ2n) is 6.47. The minimum Gasteiger partial charge on any atom is -0.326 e. The molecule has 0 aliphatic carbocycles. The van der Waals surface area contributed by atoms with Crippen molar-refractivity contribution in [2.45, 2.75) is 12.6 Å². The lowest BCUT2D eigenvalue weighted by atomic mass is 10.1. The zero-order valence-corrected chi connectivity index (χ0v) is 15.5. The Morgan fingerprint density at radius 3 is 2.17 bits per heavy atom.